The maximum atomic E-state index is 3.91. The van der Waals surface area contributed by atoms with Crippen LogP contribution in [0.15, 0.2) is 12.2 Å². The maximum absolute atomic E-state index is 3.91. The zero-order valence-electron chi connectivity index (χ0n) is 11.6. The Balaban J connectivity index is 1.84. The van der Waals surface area contributed by atoms with Crippen molar-refractivity contribution in [1.29, 1.82) is 0 Å². The van der Waals surface area contributed by atoms with Crippen LogP contribution in [0.2, 0.25) is 0 Å². The van der Waals surface area contributed by atoms with E-state index in [4.69, 9.17) is 0 Å². The summed E-state index contributed by atoms with van der Waals surface area (Å²) in [5, 5.41) is 3.91. The monoisotopic (exact) mass is 235 g/mol. The fourth-order valence-corrected chi connectivity index (χ4v) is 3.49. The zero-order valence-corrected chi connectivity index (χ0v) is 11.6. The van der Waals surface area contributed by atoms with Gasteiger partial charge in [-0.05, 0) is 50.4 Å². The fraction of sp³-hybridized carbons (Fsp3) is 0.875. The van der Waals surface area contributed by atoms with E-state index in [2.05, 4.69) is 31.3 Å². The smallest absolute Gasteiger partial charge is 0.0252 e. The Morgan fingerprint density at radius 1 is 1.00 bits per heavy atom. The average Bonchev–Trinajstić information content (AvgIpc) is 2.25. The molecule has 0 saturated heterocycles. The summed E-state index contributed by atoms with van der Waals surface area (Å²) in [5.74, 6) is 1.80. The minimum Gasteiger partial charge on any atom is -0.308 e. The topological polar surface area (TPSA) is 12.0 Å². The number of hydrogen-bond acceptors (Lipinski definition) is 1. The molecule has 1 nitrogen and oxygen atoms in total. The highest BCUT2D eigenvalue weighted by Crippen LogP contribution is 2.29. The summed E-state index contributed by atoms with van der Waals surface area (Å²) in [7, 11) is 0. The second-order valence-corrected chi connectivity index (χ2v) is 6.34. The molecule has 0 aliphatic heterocycles. The number of rotatable bonds is 2. The van der Waals surface area contributed by atoms with Crippen molar-refractivity contribution in [2.75, 3.05) is 0 Å². The van der Waals surface area contributed by atoms with Crippen molar-refractivity contribution in [3.05, 3.63) is 12.2 Å². The van der Waals surface area contributed by atoms with Crippen LogP contribution in [0.3, 0.4) is 0 Å². The lowest BCUT2D eigenvalue weighted by molar-refractivity contribution is 0.217. The van der Waals surface area contributed by atoms with Gasteiger partial charge in [-0.15, -0.1) is 0 Å². The van der Waals surface area contributed by atoms with Gasteiger partial charge in [-0.1, -0.05) is 38.8 Å². The SMILES string of the molecule is CC1CCC(NC2/C=C/CCCCC2)C(C)C1. The van der Waals surface area contributed by atoms with Gasteiger partial charge < -0.3 is 5.32 Å². The van der Waals surface area contributed by atoms with Gasteiger partial charge in [-0.2, -0.15) is 0 Å². The normalized spacial score (nSPS) is 41.5. The third-order valence-electron chi connectivity index (χ3n) is 4.61. The molecule has 1 heteroatoms. The molecule has 4 unspecified atom stereocenters. The summed E-state index contributed by atoms with van der Waals surface area (Å²) in [6.45, 7) is 4.84. The first-order chi connectivity index (χ1) is 8.25. The molecule has 1 saturated carbocycles. The van der Waals surface area contributed by atoms with Gasteiger partial charge in [0, 0.05) is 12.1 Å². The van der Waals surface area contributed by atoms with Crippen molar-refractivity contribution in [2.24, 2.45) is 11.8 Å². The quantitative estimate of drug-likeness (QED) is 0.704. The zero-order chi connectivity index (χ0) is 12.1. The molecule has 0 heterocycles. The van der Waals surface area contributed by atoms with Crippen LogP contribution >= 0.6 is 0 Å². The van der Waals surface area contributed by atoms with Crippen LogP contribution in [0.5, 0.6) is 0 Å². The molecule has 1 fully saturated rings. The standard InChI is InChI=1S/C16H29N/c1-13-10-11-16(14(2)12-13)17-15-8-6-4-3-5-7-9-15/h6,8,13-17H,3-5,7,9-12H2,1-2H3/b8-6+. The predicted octanol–water partition coefficient (Wildman–Crippen LogP) is 4.29. The molecule has 0 spiro atoms. The molecule has 0 aromatic heterocycles. The number of hydrogen-bond donors (Lipinski definition) is 1. The van der Waals surface area contributed by atoms with E-state index >= 15 is 0 Å². The van der Waals surface area contributed by atoms with E-state index in [9.17, 15) is 0 Å². The predicted molar refractivity (Wildman–Crippen MR) is 75.1 cm³/mol. The summed E-state index contributed by atoms with van der Waals surface area (Å²) in [6, 6.07) is 1.41. The van der Waals surface area contributed by atoms with E-state index < -0.39 is 0 Å². The molecule has 98 valence electrons. The molecule has 0 amide bonds. The van der Waals surface area contributed by atoms with Gasteiger partial charge in [-0.3, -0.25) is 0 Å². The van der Waals surface area contributed by atoms with E-state index in [0.717, 1.165) is 17.9 Å². The third kappa shape index (κ3) is 4.13. The van der Waals surface area contributed by atoms with Crippen LogP contribution in [0.25, 0.3) is 0 Å². The number of allylic oxidation sites excluding steroid dienone is 1. The van der Waals surface area contributed by atoms with E-state index in [-0.39, 0.29) is 0 Å². The van der Waals surface area contributed by atoms with Crippen LogP contribution < -0.4 is 5.32 Å². The summed E-state index contributed by atoms with van der Waals surface area (Å²) in [6.07, 6.45) is 15.9. The lowest BCUT2D eigenvalue weighted by atomic mass is 9.79. The molecule has 4 atom stereocenters. The minimum absolute atomic E-state index is 0.649. The van der Waals surface area contributed by atoms with Gasteiger partial charge in [-0.25, -0.2) is 0 Å². The van der Waals surface area contributed by atoms with Crippen LogP contribution in [-0.4, -0.2) is 12.1 Å². The van der Waals surface area contributed by atoms with Crippen molar-refractivity contribution in [3.8, 4) is 0 Å². The summed E-state index contributed by atoms with van der Waals surface area (Å²) in [4.78, 5) is 0. The van der Waals surface area contributed by atoms with E-state index in [1.54, 1.807) is 0 Å². The Morgan fingerprint density at radius 2 is 1.88 bits per heavy atom. The maximum Gasteiger partial charge on any atom is 0.0252 e. The van der Waals surface area contributed by atoms with Gasteiger partial charge in [0.1, 0.15) is 0 Å². The van der Waals surface area contributed by atoms with Crippen LogP contribution in [0.1, 0.15) is 65.2 Å². The van der Waals surface area contributed by atoms with Gasteiger partial charge >= 0.3 is 0 Å². The first-order valence-electron chi connectivity index (χ1n) is 7.68. The molecule has 0 aromatic rings. The lowest BCUT2D eigenvalue weighted by Crippen LogP contribution is -2.44. The molecule has 0 bridgehead atoms. The van der Waals surface area contributed by atoms with Gasteiger partial charge in [0.2, 0.25) is 0 Å². The van der Waals surface area contributed by atoms with Crippen molar-refractivity contribution in [3.63, 3.8) is 0 Å². The largest absolute Gasteiger partial charge is 0.308 e. The molecule has 2 aliphatic rings. The van der Waals surface area contributed by atoms with Crippen molar-refractivity contribution in [2.45, 2.75) is 77.3 Å². The molecular formula is C16H29N. The van der Waals surface area contributed by atoms with Crippen LogP contribution in [0.4, 0.5) is 0 Å². The third-order valence-corrected chi connectivity index (χ3v) is 4.61. The van der Waals surface area contributed by atoms with Gasteiger partial charge in [0.15, 0.2) is 0 Å². The minimum atomic E-state index is 0.649. The van der Waals surface area contributed by atoms with Gasteiger partial charge in [0.25, 0.3) is 0 Å². The Morgan fingerprint density at radius 3 is 2.71 bits per heavy atom. The number of nitrogens with one attached hydrogen (secondary N) is 1. The Hall–Kier alpha value is -0.300. The van der Waals surface area contributed by atoms with E-state index in [0.29, 0.717) is 6.04 Å². The second kappa shape index (κ2) is 6.58. The first kappa shape index (κ1) is 13.1. The highest BCUT2D eigenvalue weighted by molar-refractivity contribution is 4.97. The first-order valence-corrected chi connectivity index (χ1v) is 7.68. The molecule has 2 aliphatic carbocycles. The molecule has 1 N–H and O–H groups in total. The average molecular weight is 235 g/mol. The summed E-state index contributed by atoms with van der Waals surface area (Å²) < 4.78 is 0. The summed E-state index contributed by atoms with van der Waals surface area (Å²) >= 11 is 0. The molecule has 0 radical (unpaired) electrons. The Kier molecular flexibility index (Phi) is 5.09. The van der Waals surface area contributed by atoms with Crippen molar-refractivity contribution in [1.82, 2.24) is 5.32 Å². The van der Waals surface area contributed by atoms with Crippen LogP contribution in [-0.2, 0) is 0 Å². The van der Waals surface area contributed by atoms with Crippen molar-refractivity contribution >= 4 is 0 Å². The fourth-order valence-electron chi connectivity index (χ4n) is 3.49. The van der Waals surface area contributed by atoms with E-state index in [1.165, 1.54) is 51.4 Å². The highest BCUT2D eigenvalue weighted by atomic mass is 15.0. The molecule has 17 heavy (non-hydrogen) atoms. The molecule has 2 rings (SSSR count). The van der Waals surface area contributed by atoms with Crippen molar-refractivity contribution < 1.29 is 0 Å². The van der Waals surface area contributed by atoms with Gasteiger partial charge in [0.05, 0.1) is 0 Å². The van der Waals surface area contributed by atoms with E-state index in [1.807, 2.05) is 0 Å². The van der Waals surface area contributed by atoms with Crippen LogP contribution in [0, 0.1) is 11.8 Å². The lowest BCUT2D eigenvalue weighted by Gasteiger charge is -2.35. The second-order valence-electron chi connectivity index (χ2n) is 6.34. The highest BCUT2D eigenvalue weighted by Gasteiger charge is 2.26. The molecular weight excluding hydrogens is 206 g/mol. The molecule has 0 aromatic carbocycles. The summed E-state index contributed by atoms with van der Waals surface area (Å²) in [5.41, 5.74) is 0. The Labute approximate surface area is 107 Å². The Bertz CT molecular complexity index is 246.